The van der Waals surface area contributed by atoms with Crippen LogP contribution in [0.1, 0.15) is 0 Å². The predicted molar refractivity (Wildman–Crippen MR) is 115 cm³/mol. The molecule has 4 aliphatic heterocycles. The molecule has 4 aromatic carbocycles. The van der Waals surface area contributed by atoms with Crippen LogP contribution in [0, 0.1) is 0 Å². The number of rotatable bonds is 4. The molecule has 4 aliphatic rings. The van der Waals surface area contributed by atoms with Gasteiger partial charge in [-0.1, -0.05) is 36.4 Å². The van der Waals surface area contributed by atoms with Gasteiger partial charge in [-0.25, -0.2) is 16.8 Å². The third-order valence-corrected chi connectivity index (χ3v) is 9.25. The molecule has 4 bridgehead atoms. The maximum absolute atomic E-state index is 12.1. The van der Waals surface area contributed by atoms with Gasteiger partial charge in [-0.2, -0.15) is 0 Å². The Bertz CT molecular complexity index is 1470. The first-order valence-electron chi connectivity index (χ1n) is 9.51. The minimum absolute atomic E-state index is 0.358. The first-order valence-corrected chi connectivity index (χ1v) is 12.5. The Hall–Kier alpha value is -3.42. The molecule has 0 spiro atoms. The molecule has 31 heavy (non-hydrogen) atoms. The third kappa shape index (κ3) is 2.60. The van der Waals surface area contributed by atoms with Crippen LogP contribution < -0.4 is 4.74 Å². The molecular weight excluding hydrogens is 432 g/mol. The molecule has 0 amide bonds. The van der Waals surface area contributed by atoms with Gasteiger partial charge >= 0.3 is 0 Å². The van der Waals surface area contributed by atoms with Crippen molar-refractivity contribution in [3.63, 3.8) is 0 Å². The molecule has 0 unspecified atom stereocenters. The minimum atomic E-state index is -3.27. The van der Waals surface area contributed by atoms with Crippen LogP contribution in [0.4, 0.5) is 0 Å². The van der Waals surface area contributed by atoms with Crippen molar-refractivity contribution in [1.29, 1.82) is 0 Å². The highest BCUT2D eigenvalue weighted by Gasteiger charge is 2.32. The number of hydrogen-bond donors (Lipinski definition) is 0. The fraction of sp³-hybridized carbons (Fsp3) is 0. The summed E-state index contributed by atoms with van der Waals surface area (Å²) in [6, 6.07) is 24.7. The second kappa shape index (κ2) is 6.06. The highest BCUT2D eigenvalue weighted by molar-refractivity contribution is 7.93. The van der Waals surface area contributed by atoms with E-state index in [1.165, 1.54) is 0 Å². The highest BCUT2D eigenvalue weighted by Crippen LogP contribution is 2.42. The van der Waals surface area contributed by atoms with E-state index < -0.39 is 19.7 Å². The first-order chi connectivity index (χ1) is 14.8. The smallest absolute Gasteiger partial charge is 0.207 e. The van der Waals surface area contributed by atoms with Crippen LogP contribution >= 0.6 is 0 Å². The van der Waals surface area contributed by atoms with Crippen LogP contribution in [0.3, 0.4) is 0 Å². The van der Waals surface area contributed by atoms with E-state index >= 15 is 0 Å². The Morgan fingerprint density at radius 3 is 1.19 bits per heavy atom. The van der Waals surface area contributed by atoms with Gasteiger partial charge in [-0.15, -0.1) is 0 Å². The highest BCUT2D eigenvalue weighted by atomic mass is 32.2. The largest absolute Gasteiger partial charge is 0.457 e. The molecule has 0 N–H and O–H groups in total. The standard InChI is InChI=1S/C24H14O5S2/c25-30(26)19-9-11-21(23(30)13-19)15-1-5-17(6-2-15)29-18-7-3-16(4-8-18)22-12-10-20-14-24(22)31(20,27)28/h1-14H. The van der Waals surface area contributed by atoms with E-state index in [2.05, 4.69) is 0 Å². The SMILES string of the molecule is O=S1(=O)c2ccc(-c3ccc(Oc4ccc(-c5ccc6cc5S6(=O)=O)cc4)cc3)c1c2. The van der Waals surface area contributed by atoms with Crippen LogP contribution in [-0.4, -0.2) is 16.8 Å². The second-order valence-electron chi connectivity index (χ2n) is 7.47. The van der Waals surface area contributed by atoms with Crippen LogP contribution in [0.15, 0.2) is 105 Å². The number of ether oxygens (including phenoxy) is 1. The van der Waals surface area contributed by atoms with Crippen molar-refractivity contribution in [2.24, 2.45) is 0 Å². The molecule has 0 radical (unpaired) electrons. The molecular formula is C24H14O5S2. The van der Waals surface area contributed by atoms with E-state index in [1.807, 2.05) is 36.4 Å². The molecule has 0 atom stereocenters. The van der Waals surface area contributed by atoms with Gasteiger partial charge in [0, 0.05) is 11.1 Å². The van der Waals surface area contributed by atoms with Crippen LogP contribution in [0.25, 0.3) is 22.3 Å². The van der Waals surface area contributed by atoms with Gasteiger partial charge in [0.2, 0.25) is 19.7 Å². The Morgan fingerprint density at radius 2 is 0.871 bits per heavy atom. The summed E-state index contributed by atoms with van der Waals surface area (Å²) in [6.45, 7) is 0. The van der Waals surface area contributed by atoms with Gasteiger partial charge in [0.15, 0.2) is 0 Å². The molecule has 5 nitrogen and oxygen atoms in total. The summed E-state index contributed by atoms with van der Waals surface area (Å²) >= 11 is 0. The molecule has 0 saturated heterocycles. The molecule has 0 fully saturated rings. The third-order valence-electron chi connectivity index (χ3n) is 5.67. The van der Waals surface area contributed by atoms with Crippen molar-refractivity contribution in [3.05, 3.63) is 84.9 Å². The maximum atomic E-state index is 12.1. The van der Waals surface area contributed by atoms with Gasteiger partial charge < -0.3 is 4.74 Å². The van der Waals surface area contributed by atoms with Crippen molar-refractivity contribution in [2.75, 3.05) is 0 Å². The molecule has 0 aliphatic carbocycles. The topological polar surface area (TPSA) is 77.5 Å². The molecule has 7 heteroatoms. The van der Waals surface area contributed by atoms with E-state index in [9.17, 15) is 16.8 Å². The Labute approximate surface area is 179 Å². The fourth-order valence-corrected chi connectivity index (χ4v) is 6.63. The van der Waals surface area contributed by atoms with Crippen molar-refractivity contribution < 1.29 is 21.6 Å². The van der Waals surface area contributed by atoms with E-state index in [0.717, 1.165) is 11.1 Å². The van der Waals surface area contributed by atoms with Gasteiger partial charge in [0.25, 0.3) is 0 Å². The lowest BCUT2D eigenvalue weighted by atomic mass is 10.0. The Kier molecular flexibility index (Phi) is 3.59. The Balaban J connectivity index is 1.23. The normalized spacial score (nSPS) is 16.1. The average Bonchev–Trinajstić information content (AvgIpc) is 2.80. The molecule has 8 rings (SSSR count). The summed E-state index contributed by atoms with van der Waals surface area (Å²) in [5.74, 6) is 1.23. The zero-order chi connectivity index (χ0) is 21.4. The molecule has 0 aromatic heterocycles. The first kappa shape index (κ1) is 18.4. The quantitative estimate of drug-likeness (QED) is 0.376. The van der Waals surface area contributed by atoms with Crippen molar-refractivity contribution in [1.82, 2.24) is 0 Å². The summed E-state index contributed by atoms with van der Waals surface area (Å²) in [4.78, 5) is 1.44. The number of benzene rings is 4. The predicted octanol–water partition coefficient (Wildman–Crippen LogP) is 5.11. The number of fused-ring (bicyclic) bond motifs is 4. The molecule has 0 saturated carbocycles. The van der Waals surface area contributed by atoms with Crippen LogP contribution in [0.5, 0.6) is 11.5 Å². The van der Waals surface area contributed by atoms with Gasteiger partial charge in [-0.3, -0.25) is 0 Å². The van der Waals surface area contributed by atoms with Crippen molar-refractivity contribution in [3.8, 4) is 33.8 Å². The maximum Gasteiger partial charge on any atom is 0.207 e. The minimum Gasteiger partial charge on any atom is -0.457 e. The monoisotopic (exact) mass is 446 g/mol. The molecule has 152 valence electrons. The van der Waals surface area contributed by atoms with E-state index in [0.29, 0.717) is 42.2 Å². The fourth-order valence-electron chi connectivity index (χ4n) is 3.94. The summed E-state index contributed by atoms with van der Waals surface area (Å²) in [7, 11) is -6.54. The Morgan fingerprint density at radius 1 is 0.484 bits per heavy atom. The van der Waals surface area contributed by atoms with E-state index in [-0.39, 0.29) is 0 Å². The van der Waals surface area contributed by atoms with Crippen molar-refractivity contribution >= 4 is 19.7 Å². The number of sulfone groups is 2. The van der Waals surface area contributed by atoms with Gasteiger partial charge in [-0.05, 0) is 59.7 Å². The summed E-state index contributed by atoms with van der Waals surface area (Å²) in [5, 5.41) is 0. The molecule has 4 aromatic rings. The van der Waals surface area contributed by atoms with Crippen LogP contribution in [-0.2, 0) is 19.7 Å². The lowest BCUT2D eigenvalue weighted by Crippen LogP contribution is -2.13. The van der Waals surface area contributed by atoms with E-state index in [4.69, 9.17) is 4.74 Å². The van der Waals surface area contributed by atoms with Gasteiger partial charge in [0.1, 0.15) is 11.5 Å². The zero-order valence-electron chi connectivity index (χ0n) is 15.9. The summed E-state index contributed by atoms with van der Waals surface area (Å²) < 4.78 is 54.2. The molecule has 4 heterocycles. The van der Waals surface area contributed by atoms with E-state index in [1.54, 1.807) is 48.5 Å². The zero-order valence-corrected chi connectivity index (χ0v) is 17.6. The number of hydrogen-bond acceptors (Lipinski definition) is 5. The average molecular weight is 447 g/mol. The lowest BCUT2D eigenvalue weighted by Gasteiger charge is -2.20. The summed E-state index contributed by atoms with van der Waals surface area (Å²) in [5.41, 5.74) is 2.98. The lowest BCUT2D eigenvalue weighted by molar-refractivity contribution is 0.483. The van der Waals surface area contributed by atoms with Crippen LogP contribution in [0.2, 0.25) is 0 Å². The van der Waals surface area contributed by atoms with Crippen molar-refractivity contribution in [2.45, 2.75) is 19.6 Å². The second-order valence-corrected chi connectivity index (χ2v) is 11.3. The summed E-state index contributed by atoms with van der Waals surface area (Å²) in [6.07, 6.45) is 0. The van der Waals surface area contributed by atoms with Gasteiger partial charge in [0.05, 0.1) is 19.6 Å².